The summed E-state index contributed by atoms with van der Waals surface area (Å²) in [7, 11) is 0. The molecule has 96 valence electrons. The molecule has 1 heterocycles. The highest BCUT2D eigenvalue weighted by Gasteiger charge is 2.28. The maximum atomic E-state index is 12.0. The SMILES string of the molecule is FC(F)(F)CCCN1CCCC1CCCCl. The van der Waals surface area contributed by atoms with Crippen molar-refractivity contribution >= 4 is 11.6 Å². The fourth-order valence-corrected chi connectivity index (χ4v) is 2.47. The van der Waals surface area contributed by atoms with E-state index < -0.39 is 12.6 Å². The number of rotatable bonds is 6. The average molecular weight is 258 g/mol. The summed E-state index contributed by atoms with van der Waals surface area (Å²) >= 11 is 5.62. The van der Waals surface area contributed by atoms with Crippen LogP contribution in [0.2, 0.25) is 0 Å². The van der Waals surface area contributed by atoms with Crippen molar-refractivity contribution < 1.29 is 13.2 Å². The Morgan fingerprint density at radius 2 is 2.00 bits per heavy atom. The molecule has 1 unspecified atom stereocenters. The van der Waals surface area contributed by atoms with E-state index in [-0.39, 0.29) is 6.42 Å². The molecule has 0 bridgehead atoms. The molecule has 5 heteroatoms. The topological polar surface area (TPSA) is 3.24 Å². The summed E-state index contributed by atoms with van der Waals surface area (Å²) in [5.74, 6) is 0.646. The Morgan fingerprint density at radius 3 is 2.62 bits per heavy atom. The fourth-order valence-electron chi connectivity index (χ4n) is 2.31. The Balaban J connectivity index is 2.19. The lowest BCUT2D eigenvalue weighted by atomic mass is 10.1. The molecule has 0 aliphatic carbocycles. The van der Waals surface area contributed by atoms with Gasteiger partial charge in [0, 0.05) is 18.3 Å². The Hall–Kier alpha value is 0.0400. The molecular weight excluding hydrogens is 239 g/mol. The van der Waals surface area contributed by atoms with Gasteiger partial charge in [0.1, 0.15) is 0 Å². The van der Waals surface area contributed by atoms with Crippen LogP contribution in [0.25, 0.3) is 0 Å². The van der Waals surface area contributed by atoms with Crippen LogP contribution >= 0.6 is 11.6 Å². The molecule has 1 fully saturated rings. The maximum Gasteiger partial charge on any atom is 0.389 e. The first-order chi connectivity index (χ1) is 7.53. The van der Waals surface area contributed by atoms with E-state index in [4.69, 9.17) is 11.6 Å². The van der Waals surface area contributed by atoms with Gasteiger partial charge in [0.05, 0.1) is 0 Å². The third-order valence-corrected chi connectivity index (χ3v) is 3.34. The van der Waals surface area contributed by atoms with Crippen molar-refractivity contribution in [3.05, 3.63) is 0 Å². The molecule has 0 aromatic heterocycles. The summed E-state index contributed by atoms with van der Waals surface area (Å²) in [5.41, 5.74) is 0. The minimum absolute atomic E-state index is 0.223. The molecule has 0 N–H and O–H groups in total. The second kappa shape index (κ2) is 6.70. The van der Waals surface area contributed by atoms with E-state index >= 15 is 0 Å². The number of halogens is 4. The highest BCUT2D eigenvalue weighted by molar-refractivity contribution is 6.17. The van der Waals surface area contributed by atoms with Gasteiger partial charge in [-0.3, -0.25) is 0 Å². The largest absolute Gasteiger partial charge is 0.389 e. The molecule has 1 atom stereocenters. The van der Waals surface area contributed by atoms with Crippen molar-refractivity contribution in [3.63, 3.8) is 0 Å². The molecule has 16 heavy (non-hydrogen) atoms. The van der Waals surface area contributed by atoms with Crippen molar-refractivity contribution in [2.75, 3.05) is 19.0 Å². The first-order valence-electron chi connectivity index (χ1n) is 5.89. The molecule has 1 saturated heterocycles. The van der Waals surface area contributed by atoms with Crippen LogP contribution in [-0.2, 0) is 0 Å². The Morgan fingerprint density at radius 1 is 1.25 bits per heavy atom. The summed E-state index contributed by atoms with van der Waals surface area (Å²) in [6.45, 7) is 1.53. The van der Waals surface area contributed by atoms with Crippen LogP contribution in [0.5, 0.6) is 0 Å². The predicted octanol–water partition coefficient (Wildman–Crippen LogP) is 3.81. The van der Waals surface area contributed by atoms with Gasteiger partial charge in [0.15, 0.2) is 0 Å². The molecule has 0 spiro atoms. The lowest BCUT2D eigenvalue weighted by molar-refractivity contribution is -0.136. The van der Waals surface area contributed by atoms with E-state index in [1.165, 1.54) is 0 Å². The fraction of sp³-hybridized carbons (Fsp3) is 1.00. The molecule has 0 radical (unpaired) electrons. The lowest BCUT2D eigenvalue weighted by Crippen LogP contribution is -2.31. The van der Waals surface area contributed by atoms with Crippen LogP contribution in [0.4, 0.5) is 13.2 Å². The van der Waals surface area contributed by atoms with Gasteiger partial charge >= 0.3 is 6.18 Å². The molecule has 1 aliphatic heterocycles. The van der Waals surface area contributed by atoms with Crippen LogP contribution in [0.3, 0.4) is 0 Å². The third kappa shape index (κ3) is 5.39. The Labute approximate surface area is 99.9 Å². The third-order valence-electron chi connectivity index (χ3n) is 3.08. The zero-order valence-corrected chi connectivity index (χ0v) is 10.2. The van der Waals surface area contributed by atoms with E-state index in [0.717, 1.165) is 32.2 Å². The standard InChI is InChI=1S/C11H19ClF3N/c12-7-1-4-10-5-2-8-16(10)9-3-6-11(13,14)15/h10H,1-9H2. The summed E-state index contributed by atoms with van der Waals surface area (Å²) in [5, 5.41) is 0. The van der Waals surface area contributed by atoms with Gasteiger partial charge in [0.25, 0.3) is 0 Å². The van der Waals surface area contributed by atoms with Gasteiger partial charge in [0.2, 0.25) is 0 Å². The van der Waals surface area contributed by atoms with Gasteiger partial charge in [-0.1, -0.05) is 0 Å². The molecule has 1 rings (SSSR count). The normalized spacial score (nSPS) is 22.9. The second-order valence-corrected chi connectivity index (χ2v) is 4.76. The molecule has 0 saturated carbocycles. The van der Waals surface area contributed by atoms with Gasteiger partial charge < -0.3 is 4.90 Å². The van der Waals surface area contributed by atoms with Crippen molar-refractivity contribution in [1.82, 2.24) is 4.90 Å². The van der Waals surface area contributed by atoms with Crippen molar-refractivity contribution in [2.24, 2.45) is 0 Å². The number of likely N-dealkylation sites (tertiary alicyclic amines) is 1. The molecule has 0 aromatic carbocycles. The average Bonchev–Trinajstić information content (AvgIpc) is 2.60. The number of hydrogen-bond donors (Lipinski definition) is 0. The Kier molecular flexibility index (Phi) is 5.90. The van der Waals surface area contributed by atoms with Crippen LogP contribution in [-0.4, -0.2) is 36.1 Å². The maximum absolute atomic E-state index is 12.0. The van der Waals surface area contributed by atoms with Crippen LogP contribution in [0.1, 0.15) is 38.5 Å². The van der Waals surface area contributed by atoms with E-state index in [1.54, 1.807) is 0 Å². The predicted molar refractivity (Wildman–Crippen MR) is 59.8 cm³/mol. The van der Waals surface area contributed by atoms with Gasteiger partial charge in [-0.05, 0) is 45.2 Å². The smallest absolute Gasteiger partial charge is 0.300 e. The number of alkyl halides is 4. The summed E-state index contributed by atoms with van der Waals surface area (Å²) in [4.78, 5) is 2.19. The Bertz CT molecular complexity index is 196. The minimum atomic E-state index is -4.01. The molecule has 1 nitrogen and oxygen atoms in total. The molecule has 0 amide bonds. The van der Waals surface area contributed by atoms with Crippen molar-refractivity contribution in [1.29, 1.82) is 0 Å². The first kappa shape index (κ1) is 14.1. The summed E-state index contributed by atoms with van der Waals surface area (Å²) < 4.78 is 36.0. The van der Waals surface area contributed by atoms with E-state index in [9.17, 15) is 13.2 Å². The highest BCUT2D eigenvalue weighted by Crippen LogP contribution is 2.25. The van der Waals surface area contributed by atoms with Crippen LogP contribution < -0.4 is 0 Å². The van der Waals surface area contributed by atoms with Gasteiger partial charge in [-0.25, -0.2) is 0 Å². The van der Waals surface area contributed by atoms with Crippen molar-refractivity contribution in [2.45, 2.75) is 50.7 Å². The quantitative estimate of drug-likeness (QED) is 0.654. The van der Waals surface area contributed by atoms with Crippen molar-refractivity contribution in [3.8, 4) is 0 Å². The zero-order valence-electron chi connectivity index (χ0n) is 9.40. The first-order valence-corrected chi connectivity index (χ1v) is 6.43. The van der Waals surface area contributed by atoms with Crippen LogP contribution in [0.15, 0.2) is 0 Å². The molecule has 0 aromatic rings. The minimum Gasteiger partial charge on any atom is -0.300 e. The zero-order chi connectivity index (χ0) is 12.0. The summed E-state index contributed by atoms with van der Waals surface area (Å²) in [6.07, 6.45) is -0.239. The lowest BCUT2D eigenvalue weighted by Gasteiger charge is -2.24. The van der Waals surface area contributed by atoms with E-state index in [1.807, 2.05) is 0 Å². The number of nitrogens with zero attached hydrogens (tertiary/aromatic N) is 1. The second-order valence-electron chi connectivity index (χ2n) is 4.38. The monoisotopic (exact) mass is 257 g/mol. The van der Waals surface area contributed by atoms with Gasteiger partial charge in [-0.2, -0.15) is 13.2 Å². The summed E-state index contributed by atoms with van der Waals surface area (Å²) in [6, 6.07) is 0.465. The van der Waals surface area contributed by atoms with E-state index in [0.29, 0.717) is 18.5 Å². The van der Waals surface area contributed by atoms with Crippen LogP contribution in [0, 0.1) is 0 Å². The molecular formula is C11H19ClF3N. The number of hydrogen-bond acceptors (Lipinski definition) is 1. The van der Waals surface area contributed by atoms with E-state index in [2.05, 4.69) is 4.90 Å². The van der Waals surface area contributed by atoms with Gasteiger partial charge in [-0.15, -0.1) is 11.6 Å². The molecule has 1 aliphatic rings. The highest BCUT2D eigenvalue weighted by atomic mass is 35.5.